The predicted molar refractivity (Wildman–Crippen MR) is 107 cm³/mol. The van der Waals surface area contributed by atoms with Crippen LogP contribution in [0.25, 0.3) is 0 Å². The van der Waals surface area contributed by atoms with Gasteiger partial charge in [0, 0.05) is 45.3 Å². The fourth-order valence-electron chi connectivity index (χ4n) is 2.82. The van der Waals surface area contributed by atoms with Crippen LogP contribution in [0.2, 0.25) is 0 Å². The summed E-state index contributed by atoms with van der Waals surface area (Å²) in [6, 6.07) is 3.50. The summed E-state index contributed by atoms with van der Waals surface area (Å²) in [7, 11) is -4.02. The second kappa shape index (κ2) is 8.93. The first-order valence-electron chi connectivity index (χ1n) is 9.12. The van der Waals surface area contributed by atoms with E-state index in [1.165, 1.54) is 12.1 Å². The minimum atomic E-state index is -4.02. The molecule has 1 aliphatic heterocycles. The van der Waals surface area contributed by atoms with Gasteiger partial charge in [-0.25, -0.2) is 18.4 Å². The number of sulfonamides is 1. The average molecular weight is 429 g/mol. The molecule has 0 saturated carbocycles. The molecular weight excluding hydrogens is 402 g/mol. The third-order valence-corrected chi connectivity index (χ3v) is 5.17. The van der Waals surface area contributed by atoms with Gasteiger partial charge in [-0.1, -0.05) is 0 Å². The van der Waals surface area contributed by atoms with Crippen LogP contribution in [0.3, 0.4) is 0 Å². The smallest absolute Gasteiger partial charge is 0.410 e. The van der Waals surface area contributed by atoms with E-state index in [4.69, 9.17) is 9.88 Å². The standard InChI is InChI=1S/C17H27N5O6S/c1-17(2,3)28-16(23)21-10-8-20(9-11-21)7-6-19-14-5-4-13(29(18,26)27)12-15(14)22(24)25/h4-5,12,19H,6-11H2,1-3H3,(H2,18,26,27). The van der Waals surface area contributed by atoms with Crippen molar-refractivity contribution in [1.29, 1.82) is 0 Å². The lowest BCUT2D eigenvalue weighted by molar-refractivity contribution is -0.384. The van der Waals surface area contributed by atoms with Gasteiger partial charge < -0.3 is 15.0 Å². The van der Waals surface area contributed by atoms with Crippen LogP contribution in [0.5, 0.6) is 0 Å². The highest BCUT2D eigenvalue weighted by Gasteiger charge is 2.26. The molecule has 11 nitrogen and oxygen atoms in total. The van der Waals surface area contributed by atoms with E-state index in [2.05, 4.69) is 10.2 Å². The number of nitrogens with zero attached hydrogens (tertiary/aromatic N) is 3. The Balaban J connectivity index is 1.87. The zero-order valence-electron chi connectivity index (χ0n) is 16.8. The fourth-order valence-corrected chi connectivity index (χ4v) is 3.35. The topological polar surface area (TPSA) is 148 Å². The minimum absolute atomic E-state index is 0.217. The number of nitrogens with two attached hydrogens (primary N) is 1. The van der Waals surface area contributed by atoms with E-state index in [1.807, 2.05) is 20.8 Å². The van der Waals surface area contributed by atoms with Crippen LogP contribution >= 0.6 is 0 Å². The van der Waals surface area contributed by atoms with Crippen LogP contribution in [0, 0.1) is 10.1 Å². The molecule has 1 amide bonds. The summed E-state index contributed by atoms with van der Waals surface area (Å²) in [6.45, 7) is 8.89. The van der Waals surface area contributed by atoms with Gasteiger partial charge in [0.05, 0.1) is 9.82 Å². The first kappa shape index (κ1) is 22.8. The molecule has 1 aromatic carbocycles. The number of nitrogens with one attached hydrogen (secondary N) is 1. The Hall–Kier alpha value is -2.44. The fraction of sp³-hybridized carbons (Fsp3) is 0.588. The molecular formula is C17H27N5O6S. The zero-order valence-corrected chi connectivity index (χ0v) is 17.6. The summed E-state index contributed by atoms with van der Waals surface area (Å²) >= 11 is 0. The number of hydrogen-bond acceptors (Lipinski definition) is 8. The van der Waals surface area contributed by atoms with Crippen LogP contribution in [0.15, 0.2) is 23.1 Å². The molecule has 162 valence electrons. The normalized spacial score (nSPS) is 15.8. The van der Waals surface area contributed by atoms with Gasteiger partial charge in [-0.15, -0.1) is 0 Å². The highest BCUT2D eigenvalue weighted by Crippen LogP contribution is 2.27. The molecule has 1 fully saturated rings. The molecule has 1 saturated heterocycles. The highest BCUT2D eigenvalue weighted by molar-refractivity contribution is 7.89. The van der Waals surface area contributed by atoms with E-state index in [-0.39, 0.29) is 22.4 Å². The molecule has 29 heavy (non-hydrogen) atoms. The summed E-state index contributed by atoms with van der Waals surface area (Å²) in [6.07, 6.45) is -0.333. The maximum absolute atomic E-state index is 12.1. The molecule has 0 atom stereocenters. The Morgan fingerprint density at radius 1 is 1.28 bits per heavy atom. The molecule has 0 unspecified atom stereocenters. The van der Waals surface area contributed by atoms with Crippen molar-refractivity contribution in [3.8, 4) is 0 Å². The van der Waals surface area contributed by atoms with Gasteiger partial charge >= 0.3 is 6.09 Å². The maximum atomic E-state index is 12.1. The number of nitro benzene ring substituents is 1. The summed E-state index contributed by atoms with van der Waals surface area (Å²) in [5.41, 5.74) is -0.674. The van der Waals surface area contributed by atoms with Crippen molar-refractivity contribution in [3.63, 3.8) is 0 Å². The van der Waals surface area contributed by atoms with Crippen LogP contribution < -0.4 is 10.5 Å². The van der Waals surface area contributed by atoms with Crippen LogP contribution in [-0.4, -0.2) is 74.1 Å². The number of anilines is 1. The number of nitro groups is 1. The lowest BCUT2D eigenvalue weighted by Crippen LogP contribution is -2.50. The third kappa shape index (κ3) is 6.84. The second-order valence-electron chi connectivity index (χ2n) is 7.72. The van der Waals surface area contributed by atoms with Gasteiger partial charge in [-0.05, 0) is 32.9 Å². The number of piperazine rings is 1. The monoisotopic (exact) mass is 429 g/mol. The van der Waals surface area contributed by atoms with E-state index in [0.717, 1.165) is 6.07 Å². The van der Waals surface area contributed by atoms with Crippen molar-refractivity contribution >= 4 is 27.5 Å². The van der Waals surface area contributed by atoms with Gasteiger partial charge in [0.2, 0.25) is 10.0 Å². The minimum Gasteiger partial charge on any atom is -0.444 e. The number of primary sulfonamides is 1. The molecule has 1 aromatic rings. The van der Waals surface area contributed by atoms with E-state index in [0.29, 0.717) is 39.3 Å². The summed E-state index contributed by atoms with van der Waals surface area (Å²) < 4.78 is 28.1. The highest BCUT2D eigenvalue weighted by atomic mass is 32.2. The quantitative estimate of drug-likeness (QED) is 0.506. The van der Waals surface area contributed by atoms with Gasteiger partial charge in [0.15, 0.2) is 0 Å². The van der Waals surface area contributed by atoms with Gasteiger partial charge in [0.1, 0.15) is 11.3 Å². The number of benzene rings is 1. The Kier molecular flexibility index (Phi) is 7.03. The first-order valence-corrected chi connectivity index (χ1v) is 10.7. The maximum Gasteiger partial charge on any atom is 0.410 e. The predicted octanol–water partition coefficient (Wildman–Crippen LogP) is 1.21. The van der Waals surface area contributed by atoms with Crippen molar-refractivity contribution in [2.24, 2.45) is 5.14 Å². The third-order valence-electron chi connectivity index (χ3n) is 4.26. The molecule has 1 aliphatic rings. The van der Waals surface area contributed by atoms with E-state index in [1.54, 1.807) is 4.90 Å². The van der Waals surface area contributed by atoms with E-state index < -0.39 is 20.5 Å². The van der Waals surface area contributed by atoms with Crippen LogP contribution in [0.4, 0.5) is 16.2 Å². The number of carbonyl (C=O) groups is 1. The molecule has 0 aromatic heterocycles. The van der Waals surface area contributed by atoms with E-state index in [9.17, 15) is 23.3 Å². The largest absolute Gasteiger partial charge is 0.444 e. The van der Waals surface area contributed by atoms with Gasteiger partial charge in [0.25, 0.3) is 5.69 Å². The molecule has 2 rings (SSSR count). The molecule has 0 spiro atoms. The van der Waals surface area contributed by atoms with Crippen molar-refractivity contribution in [1.82, 2.24) is 9.80 Å². The SMILES string of the molecule is CC(C)(C)OC(=O)N1CCN(CCNc2ccc(S(N)(=O)=O)cc2[N+](=O)[O-])CC1. The average Bonchev–Trinajstić information content (AvgIpc) is 2.60. The van der Waals surface area contributed by atoms with E-state index >= 15 is 0 Å². The summed E-state index contributed by atoms with van der Waals surface area (Å²) in [5.74, 6) is 0. The van der Waals surface area contributed by atoms with Gasteiger partial charge in [-0.3, -0.25) is 15.0 Å². The Bertz CT molecular complexity index is 860. The zero-order chi connectivity index (χ0) is 21.8. The molecule has 0 radical (unpaired) electrons. The molecule has 1 heterocycles. The van der Waals surface area contributed by atoms with Crippen LogP contribution in [0.1, 0.15) is 20.8 Å². The number of amides is 1. The number of rotatable bonds is 6. The van der Waals surface area contributed by atoms with Crippen molar-refractivity contribution in [2.45, 2.75) is 31.3 Å². The number of hydrogen-bond donors (Lipinski definition) is 2. The van der Waals surface area contributed by atoms with Gasteiger partial charge in [-0.2, -0.15) is 0 Å². The molecule has 12 heteroatoms. The lowest BCUT2D eigenvalue weighted by Gasteiger charge is -2.35. The second-order valence-corrected chi connectivity index (χ2v) is 9.28. The Labute approximate surface area is 170 Å². The lowest BCUT2D eigenvalue weighted by atomic mass is 10.2. The molecule has 0 aliphatic carbocycles. The molecule has 3 N–H and O–H groups in total. The first-order chi connectivity index (χ1) is 13.4. The van der Waals surface area contributed by atoms with Crippen molar-refractivity contribution in [2.75, 3.05) is 44.6 Å². The summed E-state index contributed by atoms with van der Waals surface area (Å²) in [5, 5.41) is 19.2. The number of carbonyl (C=O) groups excluding carboxylic acids is 1. The Morgan fingerprint density at radius 2 is 1.90 bits per heavy atom. The summed E-state index contributed by atoms with van der Waals surface area (Å²) in [4.78, 5) is 26.1. The molecule has 0 bridgehead atoms. The van der Waals surface area contributed by atoms with Crippen molar-refractivity contribution in [3.05, 3.63) is 28.3 Å². The van der Waals surface area contributed by atoms with Crippen molar-refractivity contribution < 1.29 is 22.9 Å². The van der Waals surface area contributed by atoms with Crippen LogP contribution in [-0.2, 0) is 14.8 Å². The number of ether oxygens (including phenoxy) is 1. The Morgan fingerprint density at radius 3 is 2.41 bits per heavy atom.